The number of aliphatic hydroxyl groups is 1. The van der Waals surface area contributed by atoms with E-state index in [1.807, 2.05) is 6.26 Å². The van der Waals surface area contributed by atoms with Gasteiger partial charge in [0.05, 0.1) is 6.61 Å². The Morgan fingerprint density at radius 1 is 1.50 bits per heavy atom. The van der Waals surface area contributed by atoms with Gasteiger partial charge in [0, 0.05) is 6.04 Å². The number of thioether (sulfide) groups is 1. The van der Waals surface area contributed by atoms with Crippen molar-refractivity contribution in [1.29, 1.82) is 0 Å². The summed E-state index contributed by atoms with van der Waals surface area (Å²) in [6.45, 7) is 3.42. The molecule has 0 radical (unpaired) electrons. The lowest BCUT2D eigenvalue weighted by Crippen LogP contribution is -2.50. The Morgan fingerprint density at radius 2 is 2.11 bits per heavy atom. The van der Waals surface area contributed by atoms with Crippen molar-refractivity contribution in [3.63, 3.8) is 0 Å². The van der Waals surface area contributed by atoms with E-state index in [1.165, 1.54) is 6.92 Å². The van der Waals surface area contributed by atoms with Crippen molar-refractivity contribution in [3.8, 4) is 0 Å². The molecule has 0 aliphatic heterocycles. The number of carbonyl (C=O) groups is 2. The first-order valence-electron chi connectivity index (χ1n) is 5.83. The predicted octanol–water partition coefficient (Wildman–Crippen LogP) is -0.504. The number of hydrogen-bond donors (Lipinski definition) is 3. The molecule has 0 fully saturated rings. The van der Waals surface area contributed by atoms with Gasteiger partial charge in [-0.2, -0.15) is 11.8 Å². The maximum Gasteiger partial charge on any atom is 0.328 e. The molecule has 4 N–H and O–H groups in total. The van der Waals surface area contributed by atoms with E-state index >= 15 is 0 Å². The number of aliphatic hydroxyl groups excluding tert-OH is 1. The summed E-state index contributed by atoms with van der Waals surface area (Å²) in [5.41, 5.74) is 5.67. The van der Waals surface area contributed by atoms with Crippen LogP contribution in [0, 0.1) is 0 Å². The number of nitrogens with two attached hydrogens (primary N) is 1. The minimum Gasteiger partial charge on any atom is -0.464 e. The normalized spacial score (nSPS) is 15.6. The second-order valence-electron chi connectivity index (χ2n) is 3.87. The molecule has 7 heteroatoms. The minimum absolute atomic E-state index is 0.245. The smallest absolute Gasteiger partial charge is 0.328 e. The first kappa shape index (κ1) is 17.2. The molecule has 6 nitrogen and oxygen atoms in total. The molecule has 0 bridgehead atoms. The SMILES string of the molecule is CCOC(=O)C(C)NC(=O)[C@@H](O)C(N)CCSC. The summed E-state index contributed by atoms with van der Waals surface area (Å²) in [6.07, 6.45) is 1.14. The lowest BCUT2D eigenvalue weighted by Gasteiger charge is -2.20. The van der Waals surface area contributed by atoms with E-state index < -0.39 is 30.1 Å². The summed E-state index contributed by atoms with van der Waals surface area (Å²) in [6, 6.07) is -1.42. The summed E-state index contributed by atoms with van der Waals surface area (Å²) in [7, 11) is 0. The van der Waals surface area contributed by atoms with Gasteiger partial charge in [-0.05, 0) is 32.3 Å². The van der Waals surface area contributed by atoms with E-state index in [-0.39, 0.29) is 6.61 Å². The van der Waals surface area contributed by atoms with Crippen LogP contribution in [-0.4, -0.2) is 53.8 Å². The molecule has 18 heavy (non-hydrogen) atoms. The van der Waals surface area contributed by atoms with E-state index in [9.17, 15) is 14.7 Å². The molecule has 0 aromatic heterocycles. The molecular weight excluding hydrogens is 256 g/mol. The van der Waals surface area contributed by atoms with Gasteiger partial charge in [-0.1, -0.05) is 0 Å². The van der Waals surface area contributed by atoms with Crippen LogP contribution in [-0.2, 0) is 14.3 Å². The fourth-order valence-electron chi connectivity index (χ4n) is 1.23. The summed E-state index contributed by atoms with van der Waals surface area (Å²) < 4.78 is 4.74. The third-order valence-electron chi connectivity index (χ3n) is 2.33. The average molecular weight is 278 g/mol. The summed E-state index contributed by atoms with van der Waals surface area (Å²) in [4.78, 5) is 22.9. The Morgan fingerprint density at radius 3 is 2.61 bits per heavy atom. The lowest BCUT2D eigenvalue weighted by molar-refractivity contribution is -0.148. The molecule has 0 rings (SSSR count). The van der Waals surface area contributed by atoms with Gasteiger partial charge < -0.3 is 20.9 Å². The van der Waals surface area contributed by atoms with Gasteiger partial charge in [-0.3, -0.25) is 4.79 Å². The van der Waals surface area contributed by atoms with Crippen LogP contribution >= 0.6 is 11.8 Å². The fraction of sp³-hybridized carbons (Fsp3) is 0.818. The Labute approximate surface area is 112 Å². The maximum absolute atomic E-state index is 11.6. The van der Waals surface area contributed by atoms with Gasteiger partial charge >= 0.3 is 5.97 Å². The van der Waals surface area contributed by atoms with Gasteiger partial charge in [0.15, 0.2) is 0 Å². The first-order valence-corrected chi connectivity index (χ1v) is 7.23. The molecule has 0 aromatic carbocycles. The topological polar surface area (TPSA) is 102 Å². The summed E-state index contributed by atoms with van der Waals surface area (Å²) >= 11 is 1.59. The Kier molecular flexibility index (Phi) is 8.78. The van der Waals surface area contributed by atoms with Crippen molar-refractivity contribution in [1.82, 2.24) is 5.32 Å². The second kappa shape index (κ2) is 9.18. The molecule has 3 atom stereocenters. The number of nitrogens with one attached hydrogen (secondary N) is 1. The molecule has 0 aromatic rings. The monoisotopic (exact) mass is 278 g/mol. The van der Waals surface area contributed by atoms with Gasteiger partial charge in [-0.15, -0.1) is 0 Å². The molecule has 0 spiro atoms. The highest BCUT2D eigenvalue weighted by molar-refractivity contribution is 7.98. The van der Waals surface area contributed by atoms with E-state index in [0.717, 1.165) is 5.75 Å². The van der Waals surface area contributed by atoms with Crippen LogP contribution < -0.4 is 11.1 Å². The molecule has 1 amide bonds. The van der Waals surface area contributed by atoms with Crippen LogP contribution in [0.15, 0.2) is 0 Å². The quantitative estimate of drug-likeness (QED) is 0.517. The van der Waals surface area contributed by atoms with Crippen LogP contribution in [0.3, 0.4) is 0 Å². The van der Waals surface area contributed by atoms with Gasteiger partial charge in [0.2, 0.25) is 0 Å². The molecule has 0 aliphatic rings. The zero-order chi connectivity index (χ0) is 14.1. The number of esters is 1. The third kappa shape index (κ3) is 6.23. The Balaban J connectivity index is 4.18. The van der Waals surface area contributed by atoms with Crippen molar-refractivity contribution in [2.75, 3.05) is 18.6 Å². The van der Waals surface area contributed by atoms with Crippen LogP contribution in [0.5, 0.6) is 0 Å². The Hall–Kier alpha value is -0.790. The molecule has 0 heterocycles. The Bertz CT molecular complexity index is 276. The lowest BCUT2D eigenvalue weighted by atomic mass is 10.1. The molecule has 0 aliphatic carbocycles. The largest absolute Gasteiger partial charge is 0.464 e. The second-order valence-corrected chi connectivity index (χ2v) is 4.86. The molecule has 0 saturated heterocycles. The predicted molar refractivity (Wildman–Crippen MR) is 71.2 cm³/mol. The number of rotatable bonds is 8. The number of hydrogen-bond acceptors (Lipinski definition) is 6. The maximum atomic E-state index is 11.6. The minimum atomic E-state index is -1.31. The molecule has 2 unspecified atom stereocenters. The average Bonchev–Trinajstić information content (AvgIpc) is 2.34. The van der Waals surface area contributed by atoms with Crippen molar-refractivity contribution in [2.24, 2.45) is 5.73 Å². The van der Waals surface area contributed by atoms with Crippen molar-refractivity contribution in [2.45, 2.75) is 38.5 Å². The number of amides is 1. The highest BCUT2D eigenvalue weighted by Crippen LogP contribution is 2.03. The van der Waals surface area contributed by atoms with E-state index in [0.29, 0.717) is 6.42 Å². The van der Waals surface area contributed by atoms with E-state index in [4.69, 9.17) is 10.5 Å². The zero-order valence-electron chi connectivity index (χ0n) is 11.0. The van der Waals surface area contributed by atoms with Crippen LogP contribution in [0.1, 0.15) is 20.3 Å². The van der Waals surface area contributed by atoms with Crippen LogP contribution in [0.4, 0.5) is 0 Å². The molecular formula is C11H22N2O4S. The highest BCUT2D eigenvalue weighted by atomic mass is 32.2. The molecule has 0 saturated carbocycles. The van der Waals surface area contributed by atoms with Crippen LogP contribution in [0.2, 0.25) is 0 Å². The van der Waals surface area contributed by atoms with Crippen molar-refractivity contribution >= 4 is 23.6 Å². The summed E-state index contributed by atoms with van der Waals surface area (Å²) in [5.74, 6) is -0.418. The van der Waals surface area contributed by atoms with Gasteiger partial charge in [-0.25, -0.2) is 4.79 Å². The van der Waals surface area contributed by atoms with Crippen molar-refractivity contribution in [3.05, 3.63) is 0 Å². The van der Waals surface area contributed by atoms with Gasteiger partial charge in [0.1, 0.15) is 12.1 Å². The molecule has 106 valence electrons. The third-order valence-corrected chi connectivity index (χ3v) is 2.97. The van der Waals surface area contributed by atoms with Crippen LogP contribution in [0.25, 0.3) is 0 Å². The standard InChI is InChI=1S/C11H22N2O4S/c1-4-17-11(16)7(2)13-10(15)9(14)8(12)5-6-18-3/h7-9,14H,4-6,12H2,1-3H3,(H,13,15)/t7?,8?,9-/m0/s1. The van der Waals surface area contributed by atoms with Gasteiger partial charge in [0.25, 0.3) is 5.91 Å². The fourth-order valence-corrected chi connectivity index (χ4v) is 1.74. The van der Waals surface area contributed by atoms with E-state index in [2.05, 4.69) is 5.32 Å². The van der Waals surface area contributed by atoms with Crippen molar-refractivity contribution < 1.29 is 19.4 Å². The zero-order valence-corrected chi connectivity index (χ0v) is 11.8. The summed E-state index contributed by atoms with van der Waals surface area (Å²) in [5, 5.41) is 12.0. The highest BCUT2D eigenvalue weighted by Gasteiger charge is 2.25. The first-order chi connectivity index (χ1) is 8.43. The number of carbonyl (C=O) groups excluding carboxylic acids is 2. The number of ether oxygens (including phenoxy) is 1. The van der Waals surface area contributed by atoms with E-state index in [1.54, 1.807) is 18.7 Å².